The fourth-order valence-corrected chi connectivity index (χ4v) is 5.56. The first-order chi connectivity index (χ1) is 17.6. The number of aryl methyl sites for hydroxylation is 1. The highest BCUT2D eigenvalue weighted by molar-refractivity contribution is 5.78. The smallest absolute Gasteiger partial charge is 0.348 e. The fourth-order valence-electron chi connectivity index (χ4n) is 5.56. The predicted molar refractivity (Wildman–Crippen MR) is 146 cm³/mol. The molecule has 0 bridgehead atoms. The molecular formula is C31H42N2O4. The monoisotopic (exact) mass is 506 g/mol. The highest BCUT2D eigenvalue weighted by atomic mass is 16.5. The third-order valence-corrected chi connectivity index (χ3v) is 8.03. The molecule has 1 aliphatic carbocycles. The molecule has 0 spiro atoms. The maximum Gasteiger partial charge on any atom is 0.348 e. The maximum atomic E-state index is 12.9. The lowest BCUT2D eigenvalue weighted by Crippen LogP contribution is -2.46. The van der Waals surface area contributed by atoms with Crippen molar-refractivity contribution in [3.63, 3.8) is 0 Å². The first-order valence-electron chi connectivity index (χ1n) is 13.7. The van der Waals surface area contributed by atoms with Gasteiger partial charge in [0.15, 0.2) is 0 Å². The van der Waals surface area contributed by atoms with Gasteiger partial charge in [-0.05, 0) is 79.2 Å². The minimum Gasteiger partial charge on any atom is -0.478 e. The number of benzene rings is 2. The van der Waals surface area contributed by atoms with Crippen LogP contribution >= 0.6 is 0 Å². The van der Waals surface area contributed by atoms with Gasteiger partial charge in [-0.25, -0.2) is 9.59 Å². The first-order valence-corrected chi connectivity index (χ1v) is 13.7. The van der Waals surface area contributed by atoms with E-state index in [0.29, 0.717) is 25.1 Å². The van der Waals surface area contributed by atoms with Crippen molar-refractivity contribution in [1.29, 1.82) is 0 Å². The number of carboxylic acid groups (broad SMARTS) is 1. The zero-order chi connectivity index (χ0) is 26.6. The number of carboxylic acids is 1. The topological polar surface area (TPSA) is 70.1 Å². The molecule has 1 atom stereocenters. The molecule has 6 nitrogen and oxygen atoms in total. The summed E-state index contributed by atoms with van der Waals surface area (Å²) in [6.07, 6.45) is 6.83. The van der Waals surface area contributed by atoms with Gasteiger partial charge >= 0.3 is 12.0 Å². The summed E-state index contributed by atoms with van der Waals surface area (Å²) in [5.41, 5.74) is 2.70. The van der Waals surface area contributed by atoms with E-state index in [9.17, 15) is 14.7 Å². The van der Waals surface area contributed by atoms with Crippen molar-refractivity contribution in [3.8, 4) is 5.75 Å². The molecule has 37 heavy (non-hydrogen) atoms. The van der Waals surface area contributed by atoms with Gasteiger partial charge in [0.25, 0.3) is 0 Å². The fraction of sp³-hybridized carbons (Fsp3) is 0.548. The second kappa shape index (κ2) is 11.2. The Morgan fingerprint density at radius 3 is 2.22 bits per heavy atom. The van der Waals surface area contributed by atoms with E-state index in [4.69, 9.17) is 4.74 Å². The van der Waals surface area contributed by atoms with E-state index in [1.165, 1.54) is 11.1 Å². The molecule has 4 rings (SSSR count). The molecule has 200 valence electrons. The number of nitrogens with zero attached hydrogens (tertiary/aromatic N) is 2. The van der Waals surface area contributed by atoms with E-state index in [-0.39, 0.29) is 17.5 Å². The summed E-state index contributed by atoms with van der Waals surface area (Å²) in [6, 6.07) is 16.8. The van der Waals surface area contributed by atoms with Gasteiger partial charge in [-0.1, -0.05) is 63.6 Å². The number of amides is 2. The SMILES string of the molecule is CN1C(=O)N(Cc2ccc(C(C)(C)C)cc2)CC1CCCc1ccc(OC2(C(=O)O)CCCCC2)cc1. The van der Waals surface area contributed by atoms with Gasteiger partial charge in [-0.3, -0.25) is 0 Å². The molecular weight excluding hydrogens is 464 g/mol. The van der Waals surface area contributed by atoms with E-state index in [0.717, 1.165) is 50.6 Å². The van der Waals surface area contributed by atoms with Gasteiger partial charge in [0.05, 0.1) is 6.04 Å². The largest absolute Gasteiger partial charge is 0.478 e. The van der Waals surface area contributed by atoms with Gasteiger partial charge < -0.3 is 19.6 Å². The molecule has 1 aliphatic heterocycles. The molecule has 0 radical (unpaired) electrons. The van der Waals surface area contributed by atoms with Gasteiger partial charge in [-0.2, -0.15) is 0 Å². The molecule has 0 aromatic heterocycles. The number of hydrogen-bond acceptors (Lipinski definition) is 3. The summed E-state index contributed by atoms with van der Waals surface area (Å²) in [5.74, 6) is -0.233. The average Bonchev–Trinajstić information content (AvgIpc) is 3.13. The van der Waals surface area contributed by atoms with Crippen molar-refractivity contribution in [2.24, 2.45) is 0 Å². The molecule has 1 unspecified atom stereocenters. The van der Waals surface area contributed by atoms with Crippen LogP contribution in [0, 0.1) is 0 Å². The Bertz CT molecular complexity index is 1070. The molecule has 2 aromatic rings. The Hall–Kier alpha value is -3.02. The summed E-state index contributed by atoms with van der Waals surface area (Å²) in [4.78, 5) is 28.6. The lowest BCUT2D eigenvalue weighted by molar-refractivity contribution is -0.158. The minimum absolute atomic E-state index is 0.0986. The van der Waals surface area contributed by atoms with Crippen LogP contribution in [-0.4, -0.2) is 52.1 Å². The van der Waals surface area contributed by atoms with Crippen LogP contribution < -0.4 is 4.74 Å². The molecule has 1 heterocycles. The zero-order valence-corrected chi connectivity index (χ0v) is 22.8. The summed E-state index contributed by atoms with van der Waals surface area (Å²) in [7, 11) is 1.91. The van der Waals surface area contributed by atoms with Crippen molar-refractivity contribution in [1.82, 2.24) is 9.80 Å². The molecule has 1 saturated heterocycles. The number of ether oxygens (including phenoxy) is 1. The molecule has 6 heteroatoms. The number of urea groups is 1. The van der Waals surface area contributed by atoms with E-state index >= 15 is 0 Å². The Labute approximate surface area is 221 Å². The van der Waals surface area contributed by atoms with E-state index in [2.05, 4.69) is 45.0 Å². The third kappa shape index (κ3) is 6.46. The van der Waals surface area contributed by atoms with Crippen LogP contribution in [0.3, 0.4) is 0 Å². The quantitative estimate of drug-likeness (QED) is 0.427. The second-order valence-electron chi connectivity index (χ2n) is 11.9. The van der Waals surface area contributed by atoms with Crippen molar-refractivity contribution >= 4 is 12.0 Å². The normalized spacial score (nSPS) is 19.8. The number of likely N-dealkylation sites (N-methyl/N-ethyl adjacent to an activating group) is 1. The van der Waals surface area contributed by atoms with Crippen LogP contribution in [0.4, 0.5) is 4.79 Å². The van der Waals surface area contributed by atoms with Crippen LogP contribution in [0.15, 0.2) is 48.5 Å². The maximum absolute atomic E-state index is 12.9. The van der Waals surface area contributed by atoms with Crippen LogP contribution in [0.25, 0.3) is 0 Å². The van der Waals surface area contributed by atoms with Crippen LogP contribution in [-0.2, 0) is 23.2 Å². The Kier molecular flexibility index (Phi) is 8.15. The van der Waals surface area contributed by atoms with Crippen LogP contribution in [0.5, 0.6) is 5.75 Å². The van der Waals surface area contributed by atoms with Gasteiger partial charge in [-0.15, -0.1) is 0 Å². The number of carbonyl (C=O) groups excluding carboxylic acids is 1. The Morgan fingerprint density at radius 2 is 1.62 bits per heavy atom. The average molecular weight is 507 g/mol. The van der Waals surface area contributed by atoms with Crippen molar-refractivity contribution in [2.45, 2.75) is 95.7 Å². The van der Waals surface area contributed by atoms with Crippen molar-refractivity contribution < 1.29 is 19.4 Å². The minimum atomic E-state index is -1.08. The van der Waals surface area contributed by atoms with Crippen molar-refractivity contribution in [2.75, 3.05) is 13.6 Å². The van der Waals surface area contributed by atoms with Crippen molar-refractivity contribution in [3.05, 3.63) is 65.2 Å². The molecule has 2 aliphatic rings. The van der Waals surface area contributed by atoms with Gasteiger partial charge in [0, 0.05) is 20.1 Å². The number of hydrogen-bond donors (Lipinski definition) is 1. The summed E-state index contributed by atoms with van der Waals surface area (Å²) in [5, 5.41) is 9.75. The zero-order valence-electron chi connectivity index (χ0n) is 22.8. The number of carbonyl (C=O) groups is 2. The van der Waals surface area contributed by atoms with Gasteiger partial charge in [0.2, 0.25) is 5.60 Å². The molecule has 1 N–H and O–H groups in total. The van der Waals surface area contributed by atoms with E-state index in [1.807, 2.05) is 41.1 Å². The lowest BCUT2D eigenvalue weighted by atomic mass is 9.84. The summed E-state index contributed by atoms with van der Waals surface area (Å²) in [6.45, 7) is 8.02. The van der Waals surface area contributed by atoms with Crippen LogP contribution in [0.2, 0.25) is 0 Å². The third-order valence-electron chi connectivity index (χ3n) is 8.03. The molecule has 2 fully saturated rings. The second-order valence-corrected chi connectivity index (χ2v) is 11.9. The summed E-state index contributed by atoms with van der Waals surface area (Å²) < 4.78 is 6.01. The first kappa shape index (κ1) is 27.0. The standard InChI is InChI=1S/C31H42N2O4/c1-30(2,3)25-15-11-24(12-16-25)21-33-22-26(32(4)29(33)36)10-8-9-23-13-17-27(18-14-23)37-31(28(34)35)19-6-5-7-20-31/h11-18,26H,5-10,19-22H2,1-4H3,(H,34,35). The highest BCUT2D eigenvalue weighted by Crippen LogP contribution is 2.33. The number of rotatable bonds is 9. The Balaban J connectivity index is 1.26. The highest BCUT2D eigenvalue weighted by Gasteiger charge is 2.42. The molecule has 2 amide bonds. The van der Waals surface area contributed by atoms with Gasteiger partial charge in [0.1, 0.15) is 5.75 Å². The van der Waals surface area contributed by atoms with E-state index in [1.54, 1.807) is 0 Å². The molecule has 1 saturated carbocycles. The lowest BCUT2D eigenvalue weighted by Gasteiger charge is -2.33. The summed E-state index contributed by atoms with van der Waals surface area (Å²) >= 11 is 0. The van der Waals surface area contributed by atoms with Crippen LogP contribution in [0.1, 0.15) is 82.4 Å². The molecule has 2 aromatic carbocycles. The Morgan fingerprint density at radius 1 is 1.00 bits per heavy atom. The predicted octanol–water partition coefficient (Wildman–Crippen LogP) is 6.41. The van der Waals surface area contributed by atoms with E-state index < -0.39 is 11.6 Å². The number of aliphatic carboxylic acids is 1.